The number of ketones is 2. The van der Waals surface area contributed by atoms with Gasteiger partial charge in [-0.3, -0.25) is 9.59 Å². The molecule has 12 nitrogen and oxygen atoms in total. The van der Waals surface area contributed by atoms with Crippen LogP contribution in [0.5, 0.6) is 11.5 Å². The minimum absolute atomic E-state index is 0.0164. The van der Waals surface area contributed by atoms with Crippen LogP contribution in [0, 0.1) is 76.4 Å². The van der Waals surface area contributed by atoms with E-state index in [1.165, 1.54) is 7.11 Å². The Labute approximate surface area is 438 Å². The molecule has 2 heterocycles. The molecule has 0 amide bonds. The molecule has 10 N–H and O–H groups in total. The lowest BCUT2D eigenvalue weighted by Crippen LogP contribution is -2.66. The molecule has 3 aromatic rings. The van der Waals surface area contributed by atoms with E-state index in [4.69, 9.17) is 10.5 Å². The maximum Gasteiger partial charge on any atom is 0.160 e. The number of rotatable bonds is 15. The molecule has 1 saturated heterocycles. The summed E-state index contributed by atoms with van der Waals surface area (Å²) < 4.78 is 5.59. The third-order valence-electron chi connectivity index (χ3n) is 19.5. The number of phenolic OH excluding ortho intramolecular Hbond substituents is 1. The van der Waals surface area contributed by atoms with Gasteiger partial charge >= 0.3 is 0 Å². The number of ether oxygens (including phenoxy) is 1. The Morgan fingerprint density at radius 2 is 1.74 bits per heavy atom. The highest BCUT2D eigenvalue weighted by atomic mass is 16.5. The van der Waals surface area contributed by atoms with Gasteiger partial charge in [-0.15, -0.1) is 0 Å². The quantitative estimate of drug-likeness (QED) is 0.0706. The standard InChI is InChI=1S/C62H82N4O8/c1-5-64-33-48-47(24-43-32-66-49-30-44(67)23-42-26-51(69)60(48)59(43)58(42)49)39-17-20-62(55(72)28-39)19-16-38(46-31-50(68)53(74-4)27-37(46)13-15-54(62)71)25-52(70)61(73)45(14-10-34(2)3)57(41-18-21-65-56(63)29-41)40-12-11-35-8-6-7-9-36(35)22-40/h6-9,11-12,18,22,27,29,31,34,38-39,42-43,45,47-49,51-52,55,57-61,64-66,68-70,72-73H,5,10,13-15,17,20-21,23-26,28,30,32-33,63H2,1-4H3/t38-,39-,42+,43-,45-,47+,48+,49-,51+,52+,55-,57+,58+,59+,60+,61-,62+/m1/s1. The molecule has 3 aromatic carbocycles. The summed E-state index contributed by atoms with van der Waals surface area (Å²) in [5, 5.41) is 74.3. The first-order chi connectivity index (χ1) is 35.7. The van der Waals surface area contributed by atoms with Gasteiger partial charge in [0, 0.05) is 43.7 Å². The number of Topliss-reactive ketones (excluding diaryl/α,β-unsaturated/α-hetero) is 2. The van der Waals surface area contributed by atoms with E-state index in [2.05, 4.69) is 85.0 Å². The van der Waals surface area contributed by atoms with Gasteiger partial charge in [-0.05, 0) is 181 Å². The molecule has 7 aliphatic rings. The number of aromatic hydroxyl groups is 1. The molecule has 0 bridgehead atoms. The Bertz CT molecular complexity index is 2670. The number of allylic oxidation sites excluding steroid dienone is 2. The first-order valence-electron chi connectivity index (χ1n) is 28.2. The number of aliphatic hydroxyl groups excluding tert-OH is 4. The molecule has 5 aliphatic carbocycles. The van der Waals surface area contributed by atoms with Crippen LogP contribution < -0.4 is 26.4 Å². The zero-order valence-corrected chi connectivity index (χ0v) is 44.0. The van der Waals surface area contributed by atoms with Crippen molar-refractivity contribution in [1.29, 1.82) is 0 Å². The van der Waals surface area contributed by atoms with Crippen LogP contribution in [-0.2, 0) is 16.0 Å². The highest BCUT2D eigenvalue weighted by molar-refractivity contribution is 5.89. The second kappa shape index (κ2) is 22.1. The fraction of sp³-hybridized carbons (Fsp3) is 0.613. The number of aryl methyl sites for hydroxylation is 1. The van der Waals surface area contributed by atoms with E-state index in [-0.39, 0.29) is 71.7 Å². The summed E-state index contributed by atoms with van der Waals surface area (Å²) in [6.45, 7) is 9.42. The zero-order valence-electron chi connectivity index (χ0n) is 44.0. The average Bonchev–Trinajstić information content (AvgIpc) is 3.43. The van der Waals surface area contributed by atoms with Gasteiger partial charge in [0.2, 0.25) is 0 Å². The van der Waals surface area contributed by atoms with E-state index in [0.29, 0.717) is 98.8 Å². The topological polar surface area (TPSA) is 207 Å². The molecule has 0 unspecified atom stereocenters. The number of aliphatic hydroxyl groups is 4. The van der Waals surface area contributed by atoms with Crippen molar-refractivity contribution >= 4 is 22.3 Å². The van der Waals surface area contributed by atoms with E-state index in [9.17, 15) is 35.1 Å². The first kappa shape index (κ1) is 52.7. The highest BCUT2D eigenvalue weighted by Gasteiger charge is 2.61. The molecule has 0 radical (unpaired) electrons. The number of nitrogens with two attached hydrogens (primary N) is 1. The summed E-state index contributed by atoms with van der Waals surface area (Å²) >= 11 is 0. The molecule has 4 saturated carbocycles. The summed E-state index contributed by atoms with van der Waals surface area (Å²) in [4.78, 5) is 27.8. The van der Waals surface area contributed by atoms with Gasteiger partial charge in [0.25, 0.3) is 0 Å². The number of methoxy groups -OCH3 is 1. The molecule has 17 atom stereocenters. The SMILES string of the molecule is CCNC[C@H]1[C@H]([C@@H]2CC[C@]3(C#C[C@H](C[C@H](O)[C@H](O)[C@H](CCC(C)C)[C@H](C4=CCNC(N)=C4)c4ccc5ccccc5c4)c4cc(O)c(OC)cc4CCC3=O)[C@H](O)C2)C[C@@H]2CN[C@@H]3CC(=O)C[C@H]4C[C@H](O)[C@H]1[C@@H]2[C@@H]43. The van der Waals surface area contributed by atoms with Crippen LogP contribution in [0.25, 0.3) is 10.8 Å². The normalized spacial score (nSPS) is 34.3. The second-order valence-corrected chi connectivity index (χ2v) is 24.1. The third-order valence-corrected chi connectivity index (χ3v) is 19.5. The summed E-state index contributed by atoms with van der Waals surface area (Å²) in [7, 11) is 1.49. The number of fused-ring (bicyclic) bond motifs is 2. The molecule has 1 spiro atoms. The minimum atomic E-state index is -1.35. The monoisotopic (exact) mass is 1010 g/mol. The van der Waals surface area contributed by atoms with Crippen LogP contribution in [0.2, 0.25) is 0 Å². The lowest BCUT2D eigenvalue weighted by Gasteiger charge is -2.63. The summed E-state index contributed by atoms with van der Waals surface area (Å²) in [5.74, 6) is 8.68. The van der Waals surface area contributed by atoms with Crippen LogP contribution in [-0.4, -0.2) is 101 Å². The molecule has 74 heavy (non-hydrogen) atoms. The highest BCUT2D eigenvalue weighted by Crippen LogP contribution is 2.60. The van der Waals surface area contributed by atoms with Crippen molar-refractivity contribution in [3.63, 3.8) is 0 Å². The lowest BCUT2D eigenvalue weighted by atomic mass is 9.45. The van der Waals surface area contributed by atoms with Crippen LogP contribution in [0.3, 0.4) is 0 Å². The number of phenols is 1. The zero-order chi connectivity index (χ0) is 52.0. The largest absolute Gasteiger partial charge is 0.504 e. The summed E-state index contributed by atoms with van der Waals surface area (Å²) in [6, 6.07) is 18.2. The average molecular weight is 1010 g/mol. The van der Waals surface area contributed by atoms with Gasteiger partial charge < -0.3 is 52.0 Å². The number of benzene rings is 3. The molecule has 0 aromatic heterocycles. The Morgan fingerprint density at radius 1 is 0.932 bits per heavy atom. The fourth-order valence-electron chi connectivity index (χ4n) is 16.1. The fourth-order valence-corrected chi connectivity index (χ4v) is 16.1. The van der Waals surface area contributed by atoms with Crippen LogP contribution in [0.15, 0.2) is 78.1 Å². The van der Waals surface area contributed by atoms with Gasteiger partial charge in [0.1, 0.15) is 11.2 Å². The number of carbonyl (C=O) groups is 2. The molecular formula is C62H82N4O8. The van der Waals surface area contributed by atoms with Crippen LogP contribution >= 0.6 is 0 Å². The third kappa shape index (κ3) is 10.2. The van der Waals surface area contributed by atoms with Crippen LogP contribution in [0.4, 0.5) is 0 Å². The molecule has 398 valence electrons. The Hall–Kier alpha value is -4.74. The van der Waals surface area contributed by atoms with E-state index >= 15 is 0 Å². The summed E-state index contributed by atoms with van der Waals surface area (Å²) in [6.07, 6.45) is 6.24. The van der Waals surface area contributed by atoms with Crippen molar-refractivity contribution in [2.24, 2.45) is 70.3 Å². The van der Waals surface area contributed by atoms with Crippen LogP contribution in [0.1, 0.15) is 120 Å². The van der Waals surface area contributed by atoms with Gasteiger partial charge in [-0.1, -0.05) is 87.6 Å². The van der Waals surface area contributed by atoms with E-state index in [1.807, 2.05) is 18.2 Å². The molecule has 10 rings (SSSR count). The van der Waals surface area contributed by atoms with E-state index < -0.39 is 41.7 Å². The Morgan fingerprint density at radius 3 is 2.50 bits per heavy atom. The predicted octanol–water partition coefficient (Wildman–Crippen LogP) is 7.01. The minimum Gasteiger partial charge on any atom is -0.504 e. The van der Waals surface area contributed by atoms with Crippen molar-refractivity contribution in [1.82, 2.24) is 16.0 Å². The number of carbonyl (C=O) groups excluding carboxylic acids is 2. The van der Waals surface area contributed by atoms with Crippen molar-refractivity contribution in [2.45, 2.75) is 140 Å². The molecule has 2 aliphatic heterocycles. The Balaban J connectivity index is 0.964. The molecule has 12 heteroatoms. The van der Waals surface area contributed by atoms with Crippen molar-refractivity contribution in [2.75, 3.05) is 33.3 Å². The number of hydrogen-bond donors (Lipinski definition) is 9. The first-order valence-corrected chi connectivity index (χ1v) is 28.2. The summed E-state index contributed by atoms with van der Waals surface area (Å²) in [5.41, 5.74) is 8.51. The maximum absolute atomic E-state index is 14.9. The molecule has 5 fully saturated rings. The maximum atomic E-state index is 14.9. The van der Waals surface area contributed by atoms with Crippen molar-refractivity contribution in [3.8, 4) is 23.3 Å². The molecular weight excluding hydrogens is 929 g/mol. The van der Waals surface area contributed by atoms with Crippen molar-refractivity contribution in [3.05, 3.63) is 94.8 Å². The number of hydrogen-bond acceptors (Lipinski definition) is 12. The van der Waals surface area contributed by atoms with Crippen molar-refractivity contribution < 1.29 is 39.9 Å². The Kier molecular flexibility index (Phi) is 15.7. The number of piperidine rings is 1. The lowest BCUT2D eigenvalue weighted by molar-refractivity contribution is -0.166. The predicted molar refractivity (Wildman–Crippen MR) is 288 cm³/mol. The number of nitrogens with one attached hydrogen (secondary N) is 3. The van der Waals surface area contributed by atoms with Gasteiger partial charge in [-0.25, -0.2) is 0 Å². The number of dihydropyridines is 1. The van der Waals surface area contributed by atoms with Gasteiger partial charge in [-0.2, -0.15) is 0 Å². The van der Waals surface area contributed by atoms with Gasteiger partial charge in [0.15, 0.2) is 17.3 Å². The van der Waals surface area contributed by atoms with Gasteiger partial charge in [0.05, 0.1) is 37.3 Å². The second-order valence-electron chi connectivity index (χ2n) is 24.1. The van der Waals surface area contributed by atoms with E-state index in [1.54, 1.807) is 12.1 Å². The van der Waals surface area contributed by atoms with E-state index in [0.717, 1.165) is 59.9 Å². The smallest absolute Gasteiger partial charge is 0.160 e.